The van der Waals surface area contributed by atoms with Crippen molar-refractivity contribution in [2.75, 3.05) is 0 Å². The van der Waals surface area contributed by atoms with Crippen molar-refractivity contribution >= 4 is 0 Å². The lowest BCUT2D eigenvalue weighted by atomic mass is 9.86. The predicted octanol–water partition coefficient (Wildman–Crippen LogP) is 28.9. The van der Waals surface area contributed by atoms with Gasteiger partial charge in [0.2, 0.25) is 0 Å². The van der Waals surface area contributed by atoms with Gasteiger partial charge < -0.3 is 0 Å². The maximum absolute atomic E-state index is 5.01. The van der Waals surface area contributed by atoms with E-state index in [1.165, 1.54) is 50.1 Å². The normalized spacial score (nSPS) is 11.3. The van der Waals surface area contributed by atoms with E-state index >= 15 is 0 Å². The molecule has 0 atom stereocenters. The molecule has 12 heterocycles. The Hall–Kier alpha value is -17.6. The first kappa shape index (κ1) is 92.4. The average molecular weight is 1830 g/mol. The zero-order valence-corrected chi connectivity index (χ0v) is 80.9. The molecule has 18 heteroatoms. The molecule has 0 radical (unpaired) electrons. The minimum Gasteiger partial charge on any atom is -0.254 e. The van der Waals surface area contributed by atoms with E-state index in [9.17, 15) is 0 Å². The molecule has 0 unspecified atom stereocenters. The van der Waals surface area contributed by atoms with Gasteiger partial charge in [-0.05, 0) is 210 Å². The Labute approximate surface area is 822 Å². The van der Waals surface area contributed by atoms with Crippen LogP contribution in [0.1, 0.15) is 91.6 Å². The van der Waals surface area contributed by atoms with Gasteiger partial charge in [0.05, 0.1) is 34.2 Å². The fourth-order valence-corrected chi connectivity index (χ4v) is 16.0. The lowest BCUT2D eigenvalue weighted by Crippen LogP contribution is -2.10. The molecule has 0 aliphatic carbocycles. The molecular weight excluding hydrogens is 1730 g/mol. The summed E-state index contributed by atoms with van der Waals surface area (Å²) in [5.74, 6) is 4.77. The summed E-state index contributed by atoms with van der Waals surface area (Å²) in [6.07, 6.45) is 16.4. The van der Waals surface area contributed by atoms with E-state index < -0.39 is 0 Å². The molecule has 0 amide bonds. The summed E-state index contributed by atoms with van der Waals surface area (Å²) in [5, 5.41) is 0. The van der Waals surface area contributed by atoms with Gasteiger partial charge in [0.1, 0.15) is 17.1 Å². The van der Waals surface area contributed by atoms with Crippen LogP contribution in [0.5, 0.6) is 0 Å². The first-order chi connectivity index (χ1) is 68.4. The third-order valence-electron chi connectivity index (χ3n) is 24.6. The second-order valence-corrected chi connectivity index (χ2v) is 37.5. The van der Waals surface area contributed by atoms with Crippen LogP contribution in [-0.4, -0.2) is 89.7 Å². The first-order valence-electron chi connectivity index (χ1n) is 47.0. The van der Waals surface area contributed by atoms with Gasteiger partial charge in [-0.15, -0.1) is 0 Å². The van der Waals surface area contributed by atoms with Gasteiger partial charge in [-0.1, -0.05) is 319 Å². The summed E-state index contributed by atoms with van der Waals surface area (Å²) in [6.45, 7) is 27.8. The van der Waals surface area contributed by atoms with Crippen molar-refractivity contribution in [3.05, 3.63) is 433 Å². The molecule has 9 aromatic carbocycles. The Balaban J connectivity index is 0.000000135. The highest BCUT2D eigenvalue weighted by Gasteiger charge is 2.23. The molecule has 0 bridgehead atoms. The highest BCUT2D eigenvalue weighted by Crippen LogP contribution is 2.37. The van der Waals surface area contributed by atoms with Gasteiger partial charge in [-0.25, -0.2) is 44.9 Å². The van der Waals surface area contributed by atoms with Gasteiger partial charge in [-0.2, -0.15) is 0 Å². The van der Waals surface area contributed by atoms with Crippen LogP contribution in [0, 0.1) is 48.5 Å². The van der Waals surface area contributed by atoms with Crippen LogP contribution >= 0.6 is 0 Å². The van der Waals surface area contributed by atoms with Crippen LogP contribution < -0.4 is 0 Å². The fourth-order valence-electron chi connectivity index (χ4n) is 16.0. The summed E-state index contributed by atoms with van der Waals surface area (Å²) in [6, 6.07) is 113. The molecule has 0 spiro atoms. The smallest absolute Gasteiger partial charge is 0.182 e. The largest absolute Gasteiger partial charge is 0.254 e. The standard InChI is InChI=1S/C45H39N3.C42H36N6.C36H27N9/c1-30-6-10-32(11-7-30)34-14-20-38(21-15-34)42-46-43(39-22-16-35(17-23-39)33-12-8-31(2)9-13-33)48-44(47-42)40-24-18-36(19-25-40)37-26-28-41(29-27-37)45(3,4)5;1-27-6-10-29(11-7-27)32-16-21-36(43-24-32)39-46-40(37-22-17-33(25-44-37)30-12-8-28(2)9-13-30)48-41(47-39)38-23-18-34(26-45-38)31-14-19-35(20-15-31)42(3,4)5;1-22-4-10-28(37-16-22)31-13-7-25(19-40-31)34-43-35(26-8-14-32(41-20-26)29-11-5-23(2)17-38-29)45-36(44-34)27-9-15-33(42-21-27)30-12-6-24(3)18-39-30/h6-29H,1-5H3;6-26H,1-5H3;4-21H,1-3H3. The number of aryl methyl sites for hydroxylation is 7. The highest BCUT2D eigenvalue weighted by molar-refractivity contribution is 5.78. The number of benzene rings is 9. The molecular formula is C123H102N18. The Morgan fingerprint density at radius 1 is 0.121 bits per heavy atom. The van der Waals surface area contributed by atoms with Crippen molar-refractivity contribution < 1.29 is 0 Å². The van der Waals surface area contributed by atoms with Crippen LogP contribution in [0.15, 0.2) is 383 Å². The van der Waals surface area contributed by atoms with E-state index in [4.69, 9.17) is 59.8 Å². The van der Waals surface area contributed by atoms with Crippen molar-refractivity contribution in [3.63, 3.8) is 0 Å². The topological polar surface area (TPSA) is 232 Å². The third kappa shape index (κ3) is 22.2. The summed E-state index contributed by atoms with van der Waals surface area (Å²) < 4.78 is 0. The number of aromatic nitrogens is 18. The number of rotatable bonds is 18. The molecule has 0 fully saturated rings. The predicted molar refractivity (Wildman–Crippen MR) is 568 cm³/mol. The SMILES string of the molecule is Cc1ccc(-c2ccc(-c3nc(-c4ccc(-c5ccc(C)cc5)cc4)nc(-c4ccc(-c5ccc(C(C)(C)C)cc5)cc4)n3)cc2)cc1.Cc1ccc(-c2ccc(-c3nc(-c4ccc(-c5ccc(C)cc5)cn4)nc(-c4ccc(-c5ccc(C(C)(C)C)cc5)cn4)n3)nc2)cc1.Cc1ccc(-c2ccc(-c3nc(-c4ccc(-c5ccc(C)cn5)nc4)nc(-c4ccc(-c5ccc(C)cn5)nc4)n3)cn2)nc1. The van der Waals surface area contributed by atoms with Crippen LogP contribution in [0.3, 0.4) is 0 Å². The van der Waals surface area contributed by atoms with Crippen molar-refractivity contribution in [2.45, 2.75) is 101 Å². The number of nitrogens with zero attached hydrogens (tertiary/aromatic N) is 18. The molecule has 21 rings (SSSR count). The average Bonchev–Trinajstić information content (AvgIpc) is 0.794. The van der Waals surface area contributed by atoms with E-state index in [0.29, 0.717) is 69.5 Å². The van der Waals surface area contributed by atoms with E-state index in [1.54, 1.807) is 18.6 Å². The molecule has 18 nitrogen and oxygen atoms in total. The van der Waals surface area contributed by atoms with E-state index in [2.05, 4.69) is 324 Å². The number of hydrogen-bond acceptors (Lipinski definition) is 18. The summed E-state index contributed by atoms with van der Waals surface area (Å²) in [5.41, 5.74) is 36.2. The monoisotopic (exact) mass is 1830 g/mol. The molecule has 0 saturated carbocycles. The minimum absolute atomic E-state index is 0.0977. The molecule has 0 aliphatic heterocycles. The van der Waals surface area contributed by atoms with Crippen LogP contribution in [-0.2, 0) is 10.8 Å². The van der Waals surface area contributed by atoms with Crippen LogP contribution in [0.25, 0.3) is 204 Å². The van der Waals surface area contributed by atoms with Crippen molar-refractivity contribution in [2.24, 2.45) is 0 Å². The zero-order chi connectivity index (χ0) is 97.3. The molecule has 141 heavy (non-hydrogen) atoms. The Morgan fingerprint density at radius 3 is 0.454 bits per heavy atom. The highest BCUT2D eigenvalue weighted by atomic mass is 15.1. The van der Waals surface area contributed by atoms with Gasteiger partial charge >= 0.3 is 0 Å². The van der Waals surface area contributed by atoms with Crippen molar-refractivity contribution in [1.29, 1.82) is 0 Å². The number of hydrogen-bond donors (Lipinski definition) is 0. The second kappa shape index (κ2) is 40.7. The first-order valence-corrected chi connectivity index (χ1v) is 47.0. The summed E-state index contributed by atoms with van der Waals surface area (Å²) >= 11 is 0. The van der Waals surface area contributed by atoms with Crippen LogP contribution in [0.2, 0.25) is 0 Å². The summed E-state index contributed by atoms with van der Waals surface area (Å²) in [4.78, 5) is 85.9. The van der Waals surface area contributed by atoms with Gasteiger partial charge in [-0.3, -0.25) is 44.9 Å². The molecule has 684 valence electrons. The number of pyridine rings is 9. The molecule has 12 aromatic heterocycles. The molecule has 0 aliphatic rings. The maximum Gasteiger partial charge on any atom is 0.182 e. The minimum atomic E-state index is 0.0977. The van der Waals surface area contributed by atoms with Gasteiger partial charge in [0, 0.05) is 106 Å². The van der Waals surface area contributed by atoms with Gasteiger partial charge in [0.15, 0.2) is 52.4 Å². The summed E-state index contributed by atoms with van der Waals surface area (Å²) in [7, 11) is 0. The third-order valence-corrected chi connectivity index (χ3v) is 24.6. The maximum atomic E-state index is 5.01. The van der Waals surface area contributed by atoms with Crippen LogP contribution in [0.4, 0.5) is 0 Å². The zero-order valence-electron chi connectivity index (χ0n) is 80.9. The Bertz CT molecular complexity index is 7110. The van der Waals surface area contributed by atoms with Crippen molar-refractivity contribution in [1.82, 2.24) is 89.7 Å². The van der Waals surface area contributed by atoms with Crippen molar-refractivity contribution in [3.8, 4) is 204 Å². The molecule has 21 aromatic rings. The lowest BCUT2D eigenvalue weighted by molar-refractivity contribution is 0.590. The van der Waals surface area contributed by atoms with E-state index in [1.807, 2.05) is 161 Å². The fraction of sp³-hybridized carbons (Fsp3) is 0.122. The quantitative estimate of drug-likeness (QED) is 0.0777. The Kier molecular flexibility index (Phi) is 26.7. The molecule has 0 saturated heterocycles. The van der Waals surface area contributed by atoms with E-state index in [0.717, 1.165) is 134 Å². The second-order valence-electron chi connectivity index (χ2n) is 37.5. The van der Waals surface area contributed by atoms with E-state index in [-0.39, 0.29) is 10.8 Å². The lowest BCUT2D eigenvalue weighted by Gasteiger charge is -2.19. The van der Waals surface area contributed by atoms with Gasteiger partial charge in [0.25, 0.3) is 0 Å². The molecule has 0 N–H and O–H groups in total. The Morgan fingerprint density at radius 2 is 0.262 bits per heavy atom.